The molecule has 0 bridgehead atoms. The van der Waals surface area contributed by atoms with Crippen LogP contribution in [0.5, 0.6) is 0 Å². The van der Waals surface area contributed by atoms with Gasteiger partial charge in [0.25, 0.3) is 0 Å². The van der Waals surface area contributed by atoms with Gasteiger partial charge in [-0.1, -0.05) is 0 Å². The zero-order valence-corrected chi connectivity index (χ0v) is 9.92. The standard InChI is InChI=1S/C10H15N5S/c1-7-13-9(11)15-10(14-7)12-4-2-8-3-5-16-6-8/h3,5-7H,2,4H2,1H3,(H4,11,12,13,14,15). The van der Waals surface area contributed by atoms with Gasteiger partial charge in [-0.3, -0.25) is 10.3 Å². The van der Waals surface area contributed by atoms with E-state index in [0.29, 0.717) is 11.9 Å². The van der Waals surface area contributed by atoms with Gasteiger partial charge in [-0.05, 0) is 35.7 Å². The Labute approximate surface area is 98.5 Å². The van der Waals surface area contributed by atoms with Gasteiger partial charge < -0.3 is 11.1 Å². The highest BCUT2D eigenvalue weighted by atomic mass is 32.1. The van der Waals surface area contributed by atoms with Gasteiger partial charge in [0.1, 0.15) is 6.17 Å². The summed E-state index contributed by atoms with van der Waals surface area (Å²) in [5.41, 5.74) is 6.92. The Morgan fingerprint density at radius 1 is 1.62 bits per heavy atom. The number of aliphatic imine (C=N–C) groups is 2. The Bertz CT molecular complexity index is 395. The summed E-state index contributed by atoms with van der Waals surface area (Å²) in [6.07, 6.45) is 0.933. The zero-order chi connectivity index (χ0) is 11.4. The molecule has 2 heterocycles. The van der Waals surface area contributed by atoms with Gasteiger partial charge in [-0.2, -0.15) is 11.3 Å². The molecule has 1 aliphatic rings. The van der Waals surface area contributed by atoms with Crippen LogP contribution in [0.15, 0.2) is 26.8 Å². The number of rotatable bonds is 3. The van der Waals surface area contributed by atoms with E-state index in [1.165, 1.54) is 5.56 Å². The third-order valence-electron chi connectivity index (χ3n) is 2.18. The molecule has 1 aromatic rings. The van der Waals surface area contributed by atoms with Crippen LogP contribution < -0.4 is 16.4 Å². The van der Waals surface area contributed by atoms with Crippen LogP contribution in [0.1, 0.15) is 12.5 Å². The number of hydrogen-bond donors (Lipinski definition) is 3. The monoisotopic (exact) mass is 237 g/mol. The van der Waals surface area contributed by atoms with Gasteiger partial charge >= 0.3 is 0 Å². The molecule has 0 spiro atoms. The van der Waals surface area contributed by atoms with Crippen molar-refractivity contribution in [3.63, 3.8) is 0 Å². The Morgan fingerprint density at radius 2 is 2.50 bits per heavy atom. The minimum atomic E-state index is -0.0128. The summed E-state index contributed by atoms with van der Waals surface area (Å²) in [4.78, 5) is 8.48. The van der Waals surface area contributed by atoms with Crippen molar-refractivity contribution in [2.75, 3.05) is 6.54 Å². The van der Waals surface area contributed by atoms with Gasteiger partial charge in [-0.15, -0.1) is 0 Å². The van der Waals surface area contributed by atoms with Gasteiger partial charge in [-0.25, -0.2) is 4.99 Å². The summed E-state index contributed by atoms with van der Waals surface area (Å²) >= 11 is 1.71. The maximum Gasteiger partial charge on any atom is 0.199 e. The van der Waals surface area contributed by atoms with Gasteiger partial charge in [0, 0.05) is 6.54 Å². The van der Waals surface area contributed by atoms with Crippen molar-refractivity contribution in [1.29, 1.82) is 0 Å². The second kappa shape index (κ2) is 4.98. The first-order valence-electron chi connectivity index (χ1n) is 5.16. The summed E-state index contributed by atoms with van der Waals surface area (Å²) in [5.74, 6) is 1.12. The van der Waals surface area contributed by atoms with E-state index in [0.717, 1.165) is 13.0 Å². The van der Waals surface area contributed by atoms with Crippen molar-refractivity contribution in [2.24, 2.45) is 15.7 Å². The lowest BCUT2D eigenvalue weighted by atomic mass is 10.2. The average molecular weight is 237 g/mol. The summed E-state index contributed by atoms with van der Waals surface area (Å²) in [6.45, 7) is 2.67. The molecule has 6 heteroatoms. The molecule has 0 fully saturated rings. The molecule has 1 aromatic heterocycles. The van der Waals surface area contributed by atoms with E-state index in [9.17, 15) is 0 Å². The van der Waals surface area contributed by atoms with Crippen molar-refractivity contribution in [3.8, 4) is 0 Å². The third kappa shape index (κ3) is 2.96. The molecule has 0 saturated carbocycles. The quantitative estimate of drug-likeness (QED) is 0.716. The fourth-order valence-electron chi connectivity index (χ4n) is 1.45. The minimum absolute atomic E-state index is 0.0128. The maximum absolute atomic E-state index is 5.60. The number of guanidine groups is 2. The zero-order valence-electron chi connectivity index (χ0n) is 9.10. The topological polar surface area (TPSA) is 74.8 Å². The first-order valence-corrected chi connectivity index (χ1v) is 6.10. The van der Waals surface area contributed by atoms with E-state index in [2.05, 4.69) is 37.4 Å². The highest BCUT2D eigenvalue weighted by Crippen LogP contribution is 2.06. The minimum Gasteiger partial charge on any atom is -0.370 e. The van der Waals surface area contributed by atoms with E-state index in [-0.39, 0.29) is 6.17 Å². The van der Waals surface area contributed by atoms with E-state index in [1.807, 2.05) is 6.92 Å². The summed E-state index contributed by atoms with van der Waals surface area (Å²) in [7, 11) is 0. The molecule has 86 valence electrons. The highest BCUT2D eigenvalue weighted by Gasteiger charge is 2.11. The molecule has 2 rings (SSSR count). The molecule has 0 aliphatic carbocycles. The van der Waals surface area contributed by atoms with Gasteiger partial charge in [0.2, 0.25) is 0 Å². The van der Waals surface area contributed by atoms with Gasteiger partial charge in [0.05, 0.1) is 0 Å². The van der Waals surface area contributed by atoms with Crippen molar-refractivity contribution in [2.45, 2.75) is 19.5 Å². The number of thiophene rings is 1. The van der Waals surface area contributed by atoms with Crippen LogP contribution in [-0.2, 0) is 6.42 Å². The third-order valence-corrected chi connectivity index (χ3v) is 2.91. The fourth-order valence-corrected chi connectivity index (χ4v) is 2.15. The van der Waals surface area contributed by atoms with Crippen molar-refractivity contribution < 1.29 is 0 Å². The van der Waals surface area contributed by atoms with E-state index in [1.54, 1.807) is 11.3 Å². The number of nitrogens with one attached hydrogen (secondary N) is 2. The summed E-state index contributed by atoms with van der Waals surface area (Å²) < 4.78 is 0. The molecule has 4 N–H and O–H groups in total. The highest BCUT2D eigenvalue weighted by molar-refractivity contribution is 7.07. The normalized spacial score (nSPS) is 22.4. The number of nitrogens with zero attached hydrogens (tertiary/aromatic N) is 2. The molecule has 1 atom stereocenters. The molecule has 1 aliphatic heterocycles. The maximum atomic E-state index is 5.60. The Hall–Kier alpha value is -1.56. The Kier molecular flexibility index (Phi) is 3.40. The summed E-state index contributed by atoms with van der Waals surface area (Å²) in [6, 6.07) is 2.12. The van der Waals surface area contributed by atoms with E-state index in [4.69, 9.17) is 5.73 Å². The van der Waals surface area contributed by atoms with E-state index >= 15 is 0 Å². The lowest BCUT2D eigenvalue weighted by molar-refractivity contribution is 0.663. The average Bonchev–Trinajstić information content (AvgIpc) is 2.69. The largest absolute Gasteiger partial charge is 0.370 e. The second-order valence-electron chi connectivity index (χ2n) is 3.57. The van der Waals surface area contributed by atoms with Gasteiger partial charge in [0.15, 0.2) is 11.9 Å². The first-order chi connectivity index (χ1) is 7.74. The smallest absolute Gasteiger partial charge is 0.199 e. The molecule has 16 heavy (non-hydrogen) atoms. The Morgan fingerprint density at radius 3 is 3.19 bits per heavy atom. The second-order valence-corrected chi connectivity index (χ2v) is 4.35. The molecular weight excluding hydrogens is 222 g/mol. The molecule has 0 radical (unpaired) electrons. The molecule has 0 saturated heterocycles. The predicted molar refractivity (Wildman–Crippen MR) is 67.7 cm³/mol. The van der Waals surface area contributed by atoms with Crippen molar-refractivity contribution >= 4 is 23.3 Å². The first kappa shape index (κ1) is 10.9. The SMILES string of the molecule is CC1N=C(N)NC(=NCCc2ccsc2)N1. The molecule has 0 aromatic carbocycles. The van der Waals surface area contributed by atoms with Crippen molar-refractivity contribution in [3.05, 3.63) is 22.4 Å². The lowest BCUT2D eigenvalue weighted by Gasteiger charge is -2.20. The summed E-state index contributed by atoms with van der Waals surface area (Å²) in [5, 5.41) is 10.2. The van der Waals surface area contributed by atoms with E-state index < -0.39 is 0 Å². The van der Waals surface area contributed by atoms with Crippen LogP contribution in [0.2, 0.25) is 0 Å². The molecular formula is C10H15N5S. The van der Waals surface area contributed by atoms with Crippen LogP contribution in [0.4, 0.5) is 0 Å². The number of hydrogen-bond acceptors (Lipinski definition) is 4. The van der Waals surface area contributed by atoms with Crippen LogP contribution in [0.25, 0.3) is 0 Å². The fraction of sp³-hybridized carbons (Fsp3) is 0.400. The van der Waals surface area contributed by atoms with Crippen molar-refractivity contribution in [1.82, 2.24) is 10.6 Å². The van der Waals surface area contributed by atoms with Crippen LogP contribution >= 0.6 is 11.3 Å². The molecule has 1 unspecified atom stereocenters. The Balaban J connectivity index is 1.86. The molecule has 5 nitrogen and oxygen atoms in total. The van der Waals surface area contributed by atoms with Crippen LogP contribution in [0, 0.1) is 0 Å². The predicted octanol–water partition coefficient (Wildman–Crippen LogP) is 0.500. The lowest BCUT2D eigenvalue weighted by Crippen LogP contribution is -2.52. The van der Waals surface area contributed by atoms with Crippen LogP contribution in [-0.4, -0.2) is 24.6 Å². The number of nitrogens with two attached hydrogens (primary N) is 1. The molecule has 0 amide bonds. The van der Waals surface area contributed by atoms with Crippen LogP contribution in [0.3, 0.4) is 0 Å².